The zero-order valence-electron chi connectivity index (χ0n) is 20.2. The van der Waals surface area contributed by atoms with Crippen LogP contribution in [0.4, 0.5) is 0 Å². The first-order valence-corrected chi connectivity index (χ1v) is 12.3. The fourth-order valence-corrected chi connectivity index (χ4v) is 4.03. The number of nitrogens with one attached hydrogen (secondary N) is 1. The summed E-state index contributed by atoms with van der Waals surface area (Å²) in [6.07, 6.45) is 0.364. The molecular formula is C28H30Cl2N2O3. The van der Waals surface area contributed by atoms with Crippen LogP contribution in [0.15, 0.2) is 66.7 Å². The summed E-state index contributed by atoms with van der Waals surface area (Å²) >= 11 is 12.3. The molecule has 0 heterocycles. The lowest BCUT2D eigenvalue weighted by Gasteiger charge is -2.31. The van der Waals surface area contributed by atoms with Gasteiger partial charge in [-0.1, -0.05) is 65.7 Å². The van der Waals surface area contributed by atoms with Gasteiger partial charge in [0.1, 0.15) is 11.8 Å². The van der Waals surface area contributed by atoms with Gasteiger partial charge in [0.25, 0.3) is 5.91 Å². The third kappa shape index (κ3) is 7.48. The van der Waals surface area contributed by atoms with Gasteiger partial charge in [-0.2, -0.15) is 0 Å². The van der Waals surface area contributed by atoms with Crippen LogP contribution in [-0.2, 0) is 22.6 Å². The van der Waals surface area contributed by atoms with E-state index in [0.29, 0.717) is 28.8 Å². The van der Waals surface area contributed by atoms with Gasteiger partial charge in [-0.3, -0.25) is 9.59 Å². The Labute approximate surface area is 217 Å². The second kappa shape index (κ2) is 12.6. The molecule has 3 rings (SSSR count). The number of carbonyl (C=O) groups excluding carboxylic acids is 2. The van der Waals surface area contributed by atoms with Crippen LogP contribution in [0, 0.1) is 13.8 Å². The predicted octanol–water partition coefficient (Wildman–Crippen LogP) is 5.77. The quantitative estimate of drug-likeness (QED) is 0.375. The van der Waals surface area contributed by atoms with Crippen LogP contribution in [0.1, 0.15) is 29.2 Å². The highest BCUT2D eigenvalue weighted by Gasteiger charge is 2.30. The van der Waals surface area contributed by atoms with Crippen molar-refractivity contribution in [2.45, 2.75) is 39.8 Å². The number of benzene rings is 3. The summed E-state index contributed by atoms with van der Waals surface area (Å²) in [6, 6.07) is 19.8. The molecule has 0 aromatic heterocycles. The molecular weight excluding hydrogens is 483 g/mol. The van der Waals surface area contributed by atoms with E-state index < -0.39 is 6.04 Å². The van der Waals surface area contributed by atoms with Crippen molar-refractivity contribution in [2.75, 3.05) is 13.2 Å². The van der Waals surface area contributed by atoms with Gasteiger partial charge in [-0.15, -0.1) is 0 Å². The van der Waals surface area contributed by atoms with Crippen LogP contribution in [0.5, 0.6) is 5.75 Å². The van der Waals surface area contributed by atoms with Crippen molar-refractivity contribution < 1.29 is 14.3 Å². The lowest BCUT2D eigenvalue weighted by Crippen LogP contribution is -2.51. The fraction of sp³-hybridized carbons (Fsp3) is 0.286. The summed E-state index contributed by atoms with van der Waals surface area (Å²) in [4.78, 5) is 28.2. The van der Waals surface area contributed by atoms with Gasteiger partial charge in [-0.05, 0) is 67.3 Å². The number of ether oxygens (including phenoxy) is 1. The summed E-state index contributed by atoms with van der Waals surface area (Å²) in [5, 5.41) is 3.69. The Balaban J connectivity index is 1.91. The predicted molar refractivity (Wildman–Crippen MR) is 141 cm³/mol. The molecule has 184 valence electrons. The Morgan fingerprint density at radius 1 is 0.914 bits per heavy atom. The summed E-state index contributed by atoms with van der Waals surface area (Å²) in [7, 11) is 0. The highest BCUT2D eigenvalue weighted by molar-refractivity contribution is 6.42. The third-order valence-electron chi connectivity index (χ3n) is 5.80. The number of carbonyl (C=O) groups is 2. The van der Waals surface area contributed by atoms with E-state index in [0.717, 1.165) is 22.3 Å². The van der Waals surface area contributed by atoms with Crippen molar-refractivity contribution >= 4 is 35.0 Å². The van der Waals surface area contributed by atoms with Gasteiger partial charge in [0.05, 0.1) is 10.0 Å². The van der Waals surface area contributed by atoms with E-state index in [1.54, 1.807) is 23.1 Å². The van der Waals surface area contributed by atoms with Crippen LogP contribution in [0.3, 0.4) is 0 Å². The van der Waals surface area contributed by atoms with Crippen molar-refractivity contribution in [3.05, 3.63) is 99.0 Å². The number of hydrogen-bond acceptors (Lipinski definition) is 3. The molecule has 3 aromatic rings. The number of amides is 2. The second-order valence-corrected chi connectivity index (χ2v) is 9.22. The van der Waals surface area contributed by atoms with E-state index in [1.807, 2.05) is 69.3 Å². The van der Waals surface area contributed by atoms with Crippen molar-refractivity contribution in [1.82, 2.24) is 10.2 Å². The Hall–Kier alpha value is -3.02. The molecule has 2 amide bonds. The Morgan fingerprint density at radius 3 is 2.31 bits per heavy atom. The first kappa shape index (κ1) is 26.6. The third-order valence-corrected chi connectivity index (χ3v) is 6.54. The minimum absolute atomic E-state index is 0.181. The molecule has 0 unspecified atom stereocenters. The average molecular weight is 513 g/mol. The first-order chi connectivity index (χ1) is 16.8. The number of halogens is 2. The number of likely N-dealkylation sites (N-methyl/N-ethyl adjacent to an activating group) is 1. The van der Waals surface area contributed by atoms with E-state index in [9.17, 15) is 9.59 Å². The van der Waals surface area contributed by atoms with E-state index in [4.69, 9.17) is 27.9 Å². The molecule has 0 radical (unpaired) electrons. The Morgan fingerprint density at radius 2 is 1.66 bits per heavy atom. The van der Waals surface area contributed by atoms with E-state index >= 15 is 0 Å². The Bertz CT molecular complexity index is 1170. The van der Waals surface area contributed by atoms with Crippen LogP contribution >= 0.6 is 23.2 Å². The molecule has 0 fully saturated rings. The molecule has 0 spiro atoms. The number of nitrogens with zero attached hydrogens (tertiary/aromatic N) is 1. The SMILES string of the molecule is CCNC(=O)[C@H](Cc1ccccc1)N(Cc1ccc(Cl)c(Cl)c1)C(=O)COc1ccc(C)c(C)c1. The molecule has 3 aromatic carbocycles. The molecule has 5 nitrogen and oxygen atoms in total. The van der Waals surface area contributed by atoms with Gasteiger partial charge >= 0.3 is 0 Å². The number of hydrogen-bond donors (Lipinski definition) is 1. The smallest absolute Gasteiger partial charge is 0.261 e. The highest BCUT2D eigenvalue weighted by atomic mass is 35.5. The standard InChI is InChI=1S/C28H30Cl2N2O3/c1-4-31-28(34)26(16-21-8-6-5-7-9-21)32(17-22-11-13-24(29)25(30)15-22)27(33)18-35-23-12-10-19(2)20(3)14-23/h5-15,26H,4,16-18H2,1-3H3,(H,31,34)/t26-/m0/s1. The van der Waals surface area contributed by atoms with E-state index in [2.05, 4.69) is 5.32 Å². The molecule has 1 N–H and O–H groups in total. The van der Waals surface area contributed by atoms with Gasteiger partial charge in [0.15, 0.2) is 6.61 Å². The molecule has 0 aliphatic carbocycles. The fourth-order valence-electron chi connectivity index (χ4n) is 3.71. The zero-order valence-corrected chi connectivity index (χ0v) is 21.7. The summed E-state index contributed by atoms with van der Waals surface area (Å²) in [5.74, 6) is 0.0750. The molecule has 0 aliphatic heterocycles. The molecule has 7 heteroatoms. The largest absolute Gasteiger partial charge is 0.484 e. The van der Waals surface area contributed by atoms with Gasteiger partial charge in [-0.25, -0.2) is 0 Å². The van der Waals surface area contributed by atoms with Crippen LogP contribution in [0.2, 0.25) is 10.0 Å². The second-order valence-electron chi connectivity index (χ2n) is 8.40. The van der Waals surface area contributed by atoms with E-state index in [1.165, 1.54) is 0 Å². The molecule has 1 atom stereocenters. The molecule has 0 saturated carbocycles. The average Bonchev–Trinajstić information content (AvgIpc) is 2.84. The monoisotopic (exact) mass is 512 g/mol. The maximum Gasteiger partial charge on any atom is 0.261 e. The minimum Gasteiger partial charge on any atom is -0.484 e. The maximum absolute atomic E-state index is 13.5. The maximum atomic E-state index is 13.5. The normalized spacial score (nSPS) is 11.6. The Kier molecular flexibility index (Phi) is 9.58. The summed E-state index contributed by atoms with van der Waals surface area (Å²) < 4.78 is 5.84. The van der Waals surface area contributed by atoms with Gasteiger partial charge < -0.3 is 15.0 Å². The zero-order chi connectivity index (χ0) is 25.4. The van der Waals surface area contributed by atoms with Crippen LogP contribution in [0.25, 0.3) is 0 Å². The van der Waals surface area contributed by atoms with Crippen molar-refractivity contribution in [3.8, 4) is 5.75 Å². The van der Waals surface area contributed by atoms with Crippen LogP contribution < -0.4 is 10.1 Å². The summed E-state index contributed by atoms with van der Waals surface area (Å²) in [6.45, 7) is 6.30. The van der Waals surface area contributed by atoms with Crippen molar-refractivity contribution in [3.63, 3.8) is 0 Å². The van der Waals surface area contributed by atoms with Gasteiger partial charge in [0, 0.05) is 19.5 Å². The number of aryl methyl sites for hydroxylation is 2. The topological polar surface area (TPSA) is 58.6 Å². The van der Waals surface area contributed by atoms with Gasteiger partial charge in [0.2, 0.25) is 5.91 Å². The number of rotatable bonds is 10. The molecule has 0 aliphatic rings. The molecule has 35 heavy (non-hydrogen) atoms. The molecule has 0 saturated heterocycles. The molecule has 0 bridgehead atoms. The highest BCUT2D eigenvalue weighted by Crippen LogP contribution is 2.24. The lowest BCUT2D eigenvalue weighted by atomic mass is 10.0. The lowest BCUT2D eigenvalue weighted by molar-refractivity contribution is -0.142. The van der Waals surface area contributed by atoms with E-state index in [-0.39, 0.29) is 25.0 Å². The summed E-state index contributed by atoms with van der Waals surface area (Å²) in [5.41, 5.74) is 3.93. The van der Waals surface area contributed by atoms with Crippen molar-refractivity contribution in [1.29, 1.82) is 0 Å². The van der Waals surface area contributed by atoms with Crippen molar-refractivity contribution in [2.24, 2.45) is 0 Å². The van der Waals surface area contributed by atoms with Crippen LogP contribution in [-0.4, -0.2) is 35.9 Å². The first-order valence-electron chi connectivity index (χ1n) is 11.5. The minimum atomic E-state index is -0.734.